The van der Waals surface area contributed by atoms with Gasteiger partial charge in [0.05, 0.1) is 17.4 Å². The molecule has 154 valence electrons. The number of carbonyl (C=O) groups is 1. The Morgan fingerprint density at radius 2 is 1.81 bits per heavy atom. The van der Waals surface area contributed by atoms with Crippen LogP contribution in [0.3, 0.4) is 0 Å². The molecule has 0 spiro atoms. The van der Waals surface area contributed by atoms with Gasteiger partial charge in [0.25, 0.3) is 0 Å². The molecule has 27 heavy (non-hydrogen) atoms. The molecule has 3 nitrogen and oxygen atoms in total. The van der Waals surface area contributed by atoms with Crippen LogP contribution in [0.15, 0.2) is 29.2 Å². The van der Waals surface area contributed by atoms with E-state index in [0.717, 1.165) is 34.6 Å². The molecule has 0 bridgehead atoms. The monoisotopic (exact) mass is 522 g/mol. The maximum Gasteiger partial charge on any atom is 0.306 e. The molecule has 0 aliphatic carbocycles. The van der Waals surface area contributed by atoms with Gasteiger partial charge in [0.15, 0.2) is 0 Å². The van der Waals surface area contributed by atoms with E-state index < -0.39 is 18.9 Å². The zero-order chi connectivity index (χ0) is 20.4. The van der Waals surface area contributed by atoms with Gasteiger partial charge >= 0.3 is 5.97 Å². The highest BCUT2D eigenvalue weighted by molar-refractivity contribution is 14.1. The quantitative estimate of drug-likeness (QED) is 0.111. The van der Waals surface area contributed by atoms with E-state index >= 15 is 0 Å². The van der Waals surface area contributed by atoms with Crippen molar-refractivity contribution in [2.75, 3.05) is 11.0 Å². The van der Waals surface area contributed by atoms with Crippen LogP contribution in [-0.2, 0) is 20.3 Å². The second-order valence-electron chi connectivity index (χ2n) is 8.37. The SMILES string of the molecule is CCOC(=O)CC(CCCCI)[C@H](C[Si](C)(C)C)S(=O)c1ccc(C)cc1. The van der Waals surface area contributed by atoms with Gasteiger partial charge < -0.3 is 4.74 Å². The van der Waals surface area contributed by atoms with Crippen LogP contribution < -0.4 is 0 Å². The number of carbonyl (C=O) groups excluding carboxylic acids is 1. The number of rotatable bonds is 12. The summed E-state index contributed by atoms with van der Waals surface area (Å²) in [5.74, 6) is -0.0423. The molecule has 2 unspecified atom stereocenters. The number of hydrogen-bond acceptors (Lipinski definition) is 3. The van der Waals surface area contributed by atoms with Crippen LogP contribution in [0.5, 0.6) is 0 Å². The Balaban J connectivity index is 3.12. The summed E-state index contributed by atoms with van der Waals surface area (Å²) < 4.78 is 19.9. The molecule has 6 heteroatoms. The maximum atomic E-state index is 13.5. The molecule has 0 aromatic heterocycles. The van der Waals surface area contributed by atoms with E-state index in [-0.39, 0.29) is 17.1 Å². The molecule has 0 aliphatic rings. The largest absolute Gasteiger partial charge is 0.466 e. The third-order valence-electron chi connectivity index (χ3n) is 4.56. The van der Waals surface area contributed by atoms with Crippen molar-refractivity contribution in [1.29, 1.82) is 0 Å². The van der Waals surface area contributed by atoms with Gasteiger partial charge in [-0.25, -0.2) is 0 Å². The van der Waals surface area contributed by atoms with Gasteiger partial charge in [0.1, 0.15) is 0 Å². The predicted octanol–water partition coefficient (Wildman–Crippen LogP) is 5.98. The fourth-order valence-corrected chi connectivity index (χ4v) is 8.74. The lowest BCUT2D eigenvalue weighted by Crippen LogP contribution is -2.36. The first-order valence-corrected chi connectivity index (χ1v) is 16.3. The summed E-state index contributed by atoms with van der Waals surface area (Å²) in [7, 11) is -2.56. The van der Waals surface area contributed by atoms with Crippen molar-refractivity contribution < 1.29 is 13.7 Å². The highest BCUT2D eigenvalue weighted by Gasteiger charge is 2.34. The zero-order valence-corrected chi connectivity index (χ0v) is 21.4. The average Bonchev–Trinajstić information content (AvgIpc) is 2.58. The Bertz CT molecular complexity index is 598. The van der Waals surface area contributed by atoms with Crippen LogP contribution in [-0.4, -0.2) is 34.5 Å². The third kappa shape index (κ3) is 9.70. The molecular formula is C21H35IO3SSi. The molecule has 0 N–H and O–H groups in total. The highest BCUT2D eigenvalue weighted by Crippen LogP contribution is 2.32. The smallest absolute Gasteiger partial charge is 0.306 e. The molecule has 0 heterocycles. The van der Waals surface area contributed by atoms with Crippen molar-refractivity contribution >= 4 is 47.4 Å². The van der Waals surface area contributed by atoms with Gasteiger partial charge in [-0.1, -0.05) is 66.3 Å². The van der Waals surface area contributed by atoms with Crippen molar-refractivity contribution in [3.63, 3.8) is 0 Å². The van der Waals surface area contributed by atoms with E-state index in [1.165, 1.54) is 5.56 Å². The summed E-state index contributed by atoms with van der Waals surface area (Å²) in [4.78, 5) is 13.1. The number of halogens is 1. The normalized spacial score (nSPS) is 15.2. The van der Waals surface area contributed by atoms with Gasteiger partial charge in [0, 0.05) is 24.6 Å². The fraction of sp³-hybridized carbons (Fsp3) is 0.667. The summed E-state index contributed by atoms with van der Waals surface area (Å²) >= 11 is 2.39. The molecular weight excluding hydrogens is 487 g/mol. The van der Waals surface area contributed by atoms with E-state index in [1.807, 2.05) is 38.1 Å². The molecule has 1 aromatic carbocycles. The molecule has 0 saturated carbocycles. The third-order valence-corrected chi connectivity index (χ3v) is 9.12. The Morgan fingerprint density at radius 3 is 2.33 bits per heavy atom. The summed E-state index contributed by atoms with van der Waals surface area (Å²) in [6, 6.07) is 8.97. The number of ether oxygens (including phenoxy) is 1. The van der Waals surface area contributed by atoms with Crippen molar-refractivity contribution in [3.8, 4) is 0 Å². The first kappa shape index (κ1) is 24.8. The van der Waals surface area contributed by atoms with Gasteiger partial charge in [-0.3, -0.25) is 9.00 Å². The Morgan fingerprint density at radius 1 is 1.19 bits per heavy atom. The van der Waals surface area contributed by atoms with E-state index in [9.17, 15) is 9.00 Å². The number of unbranched alkanes of at least 4 members (excludes halogenated alkanes) is 1. The highest BCUT2D eigenvalue weighted by atomic mass is 127. The lowest BCUT2D eigenvalue weighted by molar-refractivity contribution is -0.144. The van der Waals surface area contributed by atoms with Crippen LogP contribution in [0.2, 0.25) is 25.7 Å². The minimum atomic E-state index is -1.45. The van der Waals surface area contributed by atoms with Crippen LogP contribution in [0.25, 0.3) is 0 Å². The molecule has 0 saturated heterocycles. The summed E-state index contributed by atoms with van der Waals surface area (Å²) in [6.07, 6.45) is 3.52. The van der Waals surface area contributed by atoms with Crippen molar-refractivity contribution in [2.45, 2.75) is 75.4 Å². The standard InChI is InChI=1S/C21H35IO3SSi/c1-6-25-21(23)15-18(9-7-8-14-22)20(16-27(3,4)5)26(24)19-12-10-17(2)11-13-19/h10-13,18,20H,6-9,14-16H2,1-5H3/t18?,20-,26?/m0/s1. The van der Waals surface area contributed by atoms with Crippen LogP contribution in [0.1, 0.15) is 38.2 Å². The first-order chi connectivity index (χ1) is 12.7. The van der Waals surface area contributed by atoms with E-state index in [0.29, 0.717) is 13.0 Å². The van der Waals surface area contributed by atoms with Gasteiger partial charge in [-0.2, -0.15) is 0 Å². The van der Waals surface area contributed by atoms with Crippen LogP contribution in [0.4, 0.5) is 0 Å². The summed E-state index contributed by atoms with van der Waals surface area (Å²) in [5.41, 5.74) is 1.17. The van der Waals surface area contributed by atoms with Gasteiger partial charge in [-0.15, -0.1) is 0 Å². The number of esters is 1. The van der Waals surface area contributed by atoms with Gasteiger partial charge in [-0.05, 0) is 55.2 Å². The Kier molecular flexibility index (Phi) is 11.4. The molecule has 0 amide bonds. The topological polar surface area (TPSA) is 43.4 Å². The molecule has 0 aliphatic heterocycles. The minimum absolute atomic E-state index is 0.0120. The summed E-state index contributed by atoms with van der Waals surface area (Å²) in [5, 5.41) is 0.0120. The fourth-order valence-electron chi connectivity index (χ4n) is 3.22. The lowest BCUT2D eigenvalue weighted by atomic mass is 9.95. The number of alkyl halides is 1. The van der Waals surface area contributed by atoms with E-state index in [1.54, 1.807) is 0 Å². The Labute approximate surface area is 182 Å². The molecule has 1 rings (SSSR count). The van der Waals surface area contributed by atoms with E-state index in [4.69, 9.17) is 4.74 Å². The Hall–Kier alpha value is -0.213. The average molecular weight is 523 g/mol. The van der Waals surface area contributed by atoms with Crippen LogP contribution in [0, 0.1) is 12.8 Å². The zero-order valence-electron chi connectivity index (χ0n) is 17.4. The number of aryl methyl sites for hydroxylation is 1. The number of hydrogen-bond donors (Lipinski definition) is 0. The van der Waals surface area contributed by atoms with E-state index in [2.05, 4.69) is 42.2 Å². The molecule has 0 radical (unpaired) electrons. The second kappa shape index (κ2) is 12.4. The number of benzene rings is 1. The minimum Gasteiger partial charge on any atom is -0.466 e. The maximum absolute atomic E-state index is 13.5. The van der Waals surface area contributed by atoms with Gasteiger partial charge in [0.2, 0.25) is 0 Å². The lowest BCUT2D eigenvalue weighted by Gasteiger charge is -2.31. The molecule has 0 fully saturated rings. The molecule has 1 aromatic rings. The van der Waals surface area contributed by atoms with Crippen molar-refractivity contribution in [2.24, 2.45) is 5.92 Å². The summed E-state index contributed by atoms with van der Waals surface area (Å²) in [6.45, 7) is 11.2. The van der Waals surface area contributed by atoms with Crippen molar-refractivity contribution in [1.82, 2.24) is 0 Å². The van der Waals surface area contributed by atoms with Crippen molar-refractivity contribution in [3.05, 3.63) is 29.8 Å². The van der Waals surface area contributed by atoms with Crippen LogP contribution >= 0.6 is 22.6 Å². The molecule has 3 atom stereocenters. The second-order valence-corrected chi connectivity index (χ2v) is 16.6. The predicted molar refractivity (Wildman–Crippen MR) is 127 cm³/mol. The first-order valence-electron chi connectivity index (χ1n) is 9.86.